The Morgan fingerprint density at radius 1 is 1.19 bits per heavy atom. The fourth-order valence-corrected chi connectivity index (χ4v) is 4.54. The van der Waals surface area contributed by atoms with E-state index in [1.165, 1.54) is 11.1 Å². The molecule has 2 aliphatic rings. The quantitative estimate of drug-likeness (QED) is 0.799. The van der Waals surface area contributed by atoms with Gasteiger partial charge in [0.1, 0.15) is 0 Å². The molecule has 1 atom stereocenters. The van der Waals surface area contributed by atoms with Gasteiger partial charge in [0, 0.05) is 44.6 Å². The van der Waals surface area contributed by atoms with Crippen LogP contribution in [0.5, 0.6) is 0 Å². The van der Waals surface area contributed by atoms with Gasteiger partial charge in [-0.3, -0.25) is 14.5 Å². The van der Waals surface area contributed by atoms with E-state index in [1.807, 2.05) is 23.8 Å². The first-order valence-corrected chi connectivity index (χ1v) is 10.2. The maximum absolute atomic E-state index is 12.9. The number of nitrogens with zero attached hydrogens (tertiary/aromatic N) is 3. The number of aryl methyl sites for hydroxylation is 1. The number of likely N-dealkylation sites (tertiary alicyclic amines) is 2. The minimum atomic E-state index is 0.105. The molecule has 0 saturated carbocycles. The number of rotatable bonds is 5. The summed E-state index contributed by atoms with van der Waals surface area (Å²) in [4.78, 5) is 31.1. The lowest BCUT2D eigenvalue weighted by Crippen LogP contribution is -2.55. The standard InChI is InChI=1S/C22H33N3O2/c1-4-24-16-22(12-10-20(24)26)11-5-13-25(17-22)21(27)15-23(3)14-19-8-6-18(2)7-9-19/h6-9H,4-5,10-17H2,1-3H3. The van der Waals surface area contributed by atoms with Crippen molar-refractivity contribution in [1.29, 1.82) is 0 Å². The number of carbonyl (C=O) groups is 2. The highest BCUT2D eigenvalue weighted by Crippen LogP contribution is 2.38. The Bertz CT molecular complexity index is 673. The zero-order valence-electron chi connectivity index (χ0n) is 17.0. The van der Waals surface area contributed by atoms with E-state index >= 15 is 0 Å². The molecule has 2 saturated heterocycles. The summed E-state index contributed by atoms with van der Waals surface area (Å²) in [5, 5.41) is 0. The summed E-state index contributed by atoms with van der Waals surface area (Å²) in [6.45, 7) is 8.58. The second-order valence-electron chi connectivity index (χ2n) is 8.48. The van der Waals surface area contributed by atoms with E-state index < -0.39 is 0 Å². The van der Waals surface area contributed by atoms with Crippen LogP contribution in [-0.4, -0.2) is 66.3 Å². The van der Waals surface area contributed by atoms with Crippen LogP contribution in [0.3, 0.4) is 0 Å². The van der Waals surface area contributed by atoms with Crippen LogP contribution < -0.4 is 0 Å². The average Bonchev–Trinajstić information content (AvgIpc) is 2.66. The van der Waals surface area contributed by atoms with Gasteiger partial charge in [-0.15, -0.1) is 0 Å². The van der Waals surface area contributed by atoms with Crippen LogP contribution in [0.1, 0.15) is 43.7 Å². The lowest BCUT2D eigenvalue weighted by atomic mass is 9.73. The summed E-state index contributed by atoms with van der Waals surface area (Å²) >= 11 is 0. The molecule has 2 aliphatic heterocycles. The summed E-state index contributed by atoms with van der Waals surface area (Å²) in [6.07, 6.45) is 3.72. The Hall–Kier alpha value is -1.88. The van der Waals surface area contributed by atoms with Gasteiger partial charge in [-0.05, 0) is 45.7 Å². The molecule has 2 heterocycles. The third-order valence-electron chi connectivity index (χ3n) is 6.12. The number of hydrogen-bond acceptors (Lipinski definition) is 3. The van der Waals surface area contributed by atoms with E-state index in [0.29, 0.717) is 13.0 Å². The predicted molar refractivity (Wildman–Crippen MR) is 107 cm³/mol. The molecule has 5 heteroatoms. The number of amides is 2. The SMILES string of the molecule is CCN1CC2(CCCN(C(=O)CN(C)Cc3ccc(C)cc3)C2)CCC1=O. The van der Waals surface area contributed by atoms with Gasteiger partial charge in [0.05, 0.1) is 6.54 Å². The van der Waals surface area contributed by atoms with E-state index in [-0.39, 0.29) is 17.2 Å². The first kappa shape index (κ1) is 19.9. The van der Waals surface area contributed by atoms with Crippen molar-refractivity contribution in [3.05, 3.63) is 35.4 Å². The van der Waals surface area contributed by atoms with Crippen LogP contribution in [0.15, 0.2) is 24.3 Å². The van der Waals surface area contributed by atoms with Gasteiger partial charge in [0.15, 0.2) is 0 Å². The predicted octanol–water partition coefficient (Wildman–Crippen LogP) is 2.68. The molecule has 0 N–H and O–H groups in total. The minimum absolute atomic E-state index is 0.105. The molecule has 27 heavy (non-hydrogen) atoms. The van der Waals surface area contributed by atoms with Gasteiger partial charge < -0.3 is 9.80 Å². The molecule has 0 bridgehead atoms. The minimum Gasteiger partial charge on any atom is -0.342 e. The highest BCUT2D eigenvalue weighted by molar-refractivity contribution is 5.79. The first-order valence-electron chi connectivity index (χ1n) is 10.2. The van der Waals surface area contributed by atoms with Gasteiger partial charge in [0.2, 0.25) is 11.8 Å². The summed E-state index contributed by atoms with van der Waals surface area (Å²) < 4.78 is 0. The second-order valence-corrected chi connectivity index (χ2v) is 8.48. The zero-order valence-corrected chi connectivity index (χ0v) is 17.0. The van der Waals surface area contributed by atoms with Gasteiger partial charge in [-0.1, -0.05) is 29.8 Å². The van der Waals surface area contributed by atoms with Gasteiger partial charge >= 0.3 is 0 Å². The van der Waals surface area contributed by atoms with E-state index in [9.17, 15) is 9.59 Å². The molecule has 0 radical (unpaired) electrons. The molecule has 3 rings (SSSR count). The van der Waals surface area contributed by atoms with Crippen molar-refractivity contribution in [3.8, 4) is 0 Å². The van der Waals surface area contributed by atoms with Crippen molar-refractivity contribution < 1.29 is 9.59 Å². The van der Waals surface area contributed by atoms with Gasteiger partial charge in [-0.2, -0.15) is 0 Å². The third kappa shape index (κ3) is 4.89. The Morgan fingerprint density at radius 3 is 2.63 bits per heavy atom. The molecule has 148 valence electrons. The van der Waals surface area contributed by atoms with Gasteiger partial charge in [-0.25, -0.2) is 0 Å². The van der Waals surface area contributed by atoms with E-state index in [0.717, 1.165) is 52.0 Å². The number of hydrogen-bond donors (Lipinski definition) is 0. The van der Waals surface area contributed by atoms with Crippen molar-refractivity contribution in [1.82, 2.24) is 14.7 Å². The molecule has 2 amide bonds. The summed E-state index contributed by atoms with van der Waals surface area (Å²) in [5.74, 6) is 0.480. The fourth-order valence-electron chi connectivity index (χ4n) is 4.54. The fraction of sp³-hybridized carbons (Fsp3) is 0.636. The smallest absolute Gasteiger partial charge is 0.236 e. The number of likely N-dealkylation sites (N-methyl/N-ethyl adjacent to an activating group) is 1. The molecule has 1 spiro atoms. The Kier molecular flexibility index (Phi) is 6.20. The average molecular weight is 372 g/mol. The molecular formula is C22H33N3O2. The Balaban J connectivity index is 1.56. The lowest BCUT2D eigenvalue weighted by molar-refractivity contribution is -0.143. The Labute approximate surface area is 163 Å². The van der Waals surface area contributed by atoms with Crippen LogP contribution in [-0.2, 0) is 16.1 Å². The number of carbonyl (C=O) groups excluding carboxylic acids is 2. The molecule has 0 aliphatic carbocycles. The molecule has 1 aromatic carbocycles. The highest BCUT2D eigenvalue weighted by atomic mass is 16.2. The van der Waals surface area contributed by atoms with Crippen molar-refractivity contribution in [3.63, 3.8) is 0 Å². The van der Waals surface area contributed by atoms with Crippen LogP contribution in [0, 0.1) is 12.3 Å². The molecule has 5 nitrogen and oxygen atoms in total. The number of piperidine rings is 2. The van der Waals surface area contributed by atoms with Crippen LogP contribution in [0.25, 0.3) is 0 Å². The molecule has 1 unspecified atom stereocenters. The molecule has 1 aromatic rings. The first-order chi connectivity index (χ1) is 12.9. The zero-order chi connectivity index (χ0) is 19.4. The summed E-state index contributed by atoms with van der Waals surface area (Å²) in [7, 11) is 2.01. The van der Waals surface area contributed by atoms with Crippen molar-refractivity contribution >= 4 is 11.8 Å². The second kappa shape index (κ2) is 8.42. The van der Waals surface area contributed by atoms with E-state index in [4.69, 9.17) is 0 Å². The van der Waals surface area contributed by atoms with Crippen molar-refractivity contribution in [2.24, 2.45) is 5.41 Å². The molecular weight excluding hydrogens is 338 g/mol. The summed E-state index contributed by atoms with van der Waals surface area (Å²) in [6, 6.07) is 8.49. The normalized spacial score (nSPS) is 23.3. The largest absolute Gasteiger partial charge is 0.342 e. The third-order valence-corrected chi connectivity index (χ3v) is 6.12. The monoisotopic (exact) mass is 371 g/mol. The topological polar surface area (TPSA) is 43.9 Å². The van der Waals surface area contributed by atoms with Crippen LogP contribution in [0.2, 0.25) is 0 Å². The van der Waals surface area contributed by atoms with Crippen LogP contribution in [0.4, 0.5) is 0 Å². The van der Waals surface area contributed by atoms with Crippen molar-refractivity contribution in [2.75, 3.05) is 39.8 Å². The maximum atomic E-state index is 12.9. The lowest BCUT2D eigenvalue weighted by Gasteiger charge is -2.48. The van der Waals surface area contributed by atoms with Gasteiger partial charge in [0.25, 0.3) is 0 Å². The van der Waals surface area contributed by atoms with E-state index in [1.54, 1.807) is 0 Å². The maximum Gasteiger partial charge on any atom is 0.236 e. The Morgan fingerprint density at radius 2 is 1.93 bits per heavy atom. The molecule has 0 aromatic heterocycles. The van der Waals surface area contributed by atoms with Crippen LogP contribution >= 0.6 is 0 Å². The van der Waals surface area contributed by atoms with E-state index in [2.05, 4.69) is 36.1 Å². The summed E-state index contributed by atoms with van der Waals surface area (Å²) in [5.41, 5.74) is 2.59. The number of benzene rings is 1. The molecule has 2 fully saturated rings. The van der Waals surface area contributed by atoms with Crippen molar-refractivity contribution in [2.45, 2.75) is 46.1 Å². The highest BCUT2D eigenvalue weighted by Gasteiger charge is 2.42.